The summed E-state index contributed by atoms with van der Waals surface area (Å²) < 4.78 is 1.62. The van der Waals surface area contributed by atoms with Gasteiger partial charge in [0.25, 0.3) is 0 Å². The summed E-state index contributed by atoms with van der Waals surface area (Å²) in [6, 6.07) is 3.46. The maximum Gasteiger partial charge on any atom is 0.231 e. The predicted octanol–water partition coefficient (Wildman–Crippen LogP) is 2.54. The lowest BCUT2D eigenvalue weighted by atomic mass is 10.4. The third kappa shape index (κ3) is 0.936. The van der Waals surface area contributed by atoms with Crippen molar-refractivity contribution in [1.82, 2.24) is 9.61 Å². The van der Waals surface area contributed by atoms with E-state index < -0.39 is 0 Å². The molecule has 2 rings (SSSR count). The Bertz CT molecular complexity index is 467. The van der Waals surface area contributed by atoms with E-state index in [9.17, 15) is 0 Å². The molecule has 0 saturated carbocycles. The highest BCUT2D eigenvalue weighted by molar-refractivity contribution is 6.31. The van der Waals surface area contributed by atoms with Crippen molar-refractivity contribution in [3.05, 3.63) is 41.0 Å². The first-order valence-electron chi connectivity index (χ1n) is 3.31. The second kappa shape index (κ2) is 2.50. The highest BCUT2D eigenvalue weighted by atomic mass is 35.5. The van der Waals surface area contributed by atoms with Gasteiger partial charge in [0.15, 0.2) is 0 Å². The largest absolute Gasteiger partial charge is 0.253 e. The summed E-state index contributed by atoms with van der Waals surface area (Å²) >= 11 is 5.76. The number of aromatic nitrogens is 2. The lowest BCUT2D eigenvalue weighted by molar-refractivity contribution is 0.961. The summed E-state index contributed by atoms with van der Waals surface area (Å²) in [5.41, 5.74) is 1.27. The van der Waals surface area contributed by atoms with Gasteiger partial charge in [0.2, 0.25) is 5.69 Å². The van der Waals surface area contributed by atoms with Crippen molar-refractivity contribution in [3.63, 3.8) is 0 Å². The minimum atomic E-state index is 0.525. The molecule has 0 aliphatic rings. The van der Waals surface area contributed by atoms with Crippen LogP contribution < -0.4 is 0 Å². The maximum atomic E-state index is 6.84. The highest BCUT2D eigenvalue weighted by Gasteiger charge is 2.02. The van der Waals surface area contributed by atoms with Crippen LogP contribution >= 0.6 is 11.6 Å². The molecule has 0 atom stereocenters. The van der Waals surface area contributed by atoms with Gasteiger partial charge < -0.3 is 0 Å². The predicted molar refractivity (Wildman–Crippen MR) is 46.5 cm³/mol. The van der Waals surface area contributed by atoms with E-state index in [-0.39, 0.29) is 0 Å². The van der Waals surface area contributed by atoms with Gasteiger partial charge in [-0.15, -0.1) is 0 Å². The topological polar surface area (TPSA) is 21.7 Å². The standard InChI is InChI=1S/C8H4ClN3/c1-10-7-5-11-12-3-2-6(9)4-8(7)12/h2-5H. The minimum absolute atomic E-state index is 0.525. The second-order valence-electron chi connectivity index (χ2n) is 2.32. The van der Waals surface area contributed by atoms with Gasteiger partial charge in [-0.1, -0.05) is 11.6 Å². The molecule has 2 aromatic rings. The molecule has 0 aliphatic heterocycles. The van der Waals surface area contributed by atoms with Crippen molar-refractivity contribution in [3.8, 4) is 0 Å². The molecule has 0 spiro atoms. The summed E-state index contributed by atoms with van der Waals surface area (Å²) in [6.07, 6.45) is 3.25. The summed E-state index contributed by atoms with van der Waals surface area (Å²) in [4.78, 5) is 3.31. The Morgan fingerprint density at radius 3 is 3.17 bits per heavy atom. The van der Waals surface area contributed by atoms with Crippen molar-refractivity contribution in [2.75, 3.05) is 0 Å². The average molecular weight is 178 g/mol. The van der Waals surface area contributed by atoms with Crippen molar-refractivity contribution in [1.29, 1.82) is 0 Å². The van der Waals surface area contributed by atoms with Crippen LogP contribution in [0.15, 0.2) is 24.5 Å². The fourth-order valence-corrected chi connectivity index (χ4v) is 1.19. The van der Waals surface area contributed by atoms with Crippen LogP contribution in [0.5, 0.6) is 0 Å². The van der Waals surface area contributed by atoms with E-state index in [2.05, 4.69) is 9.94 Å². The lowest BCUT2D eigenvalue weighted by Crippen LogP contribution is -1.83. The van der Waals surface area contributed by atoms with Gasteiger partial charge in [-0.25, -0.2) is 4.85 Å². The van der Waals surface area contributed by atoms with E-state index >= 15 is 0 Å². The molecule has 0 N–H and O–H groups in total. The van der Waals surface area contributed by atoms with Crippen LogP contribution in [0.1, 0.15) is 0 Å². The van der Waals surface area contributed by atoms with Crippen LogP contribution in [0, 0.1) is 6.57 Å². The Balaban J connectivity index is 2.86. The molecule has 0 aromatic carbocycles. The first-order chi connectivity index (χ1) is 5.81. The van der Waals surface area contributed by atoms with Crippen LogP contribution in [0.2, 0.25) is 5.02 Å². The van der Waals surface area contributed by atoms with Gasteiger partial charge in [-0.2, -0.15) is 5.10 Å². The van der Waals surface area contributed by atoms with E-state index in [1.807, 2.05) is 0 Å². The summed E-state index contributed by atoms with van der Waals surface area (Å²) in [5.74, 6) is 0. The second-order valence-corrected chi connectivity index (χ2v) is 2.75. The first kappa shape index (κ1) is 7.14. The molecular weight excluding hydrogens is 174 g/mol. The van der Waals surface area contributed by atoms with Crippen LogP contribution in [0.4, 0.5) is 5.69 Å². The van der Waals surface area contributed by atoms with Crippen molar-refractivity contribution >= 4 is 22.8 Å². The number of rotatable bonds is 0. The van der Waals surface area contributed by atoms with Gasteiger partial charge in [-0.3, -0.25) is 4.52 Å². The van der Waals surface area contributed by atoms with Crippen LogP contribution in [0.25, 0.3) is 10.4 Å². The van der Waals surface area contributed by atoms with Crippen molar-refractivity contribution < 1.29 is 0 Å². The van der Waals surface area contributed by atoms with E-state index in [1.54, 1.807) is 22.8 Å². The molecule has 58 valence electrons. The van der Waals surface area contributed by atoms with Crippen molar-refractivity contribution in [2.45, 2.75) is 0 Å². The quantitative estimate of drug-likeness (QED) is 0.567. The zero-order valence-corrected chi connectivity index (χ0v) is 6.78. The normalized spacial score (nSPS) is 10.0. The number of nitrogens with zero attached hydrogens (tertiary/aromatic N) is 3. The average Bonchev–Trinajstić information content (AvgIpc) is 2.46. The highest BCUT2D eigenvalue weighted by Crippen LogP contribution is 2.22. The number of fused-ring (bicyclic) bond motifs is 1. The van der Waals surface area contributed by atoms with Crippen molar-refractivity contribution in [2.24, 2.45) is 0 Å². The zero-order chi connectivity index (χ0) is 8.55. The van der Waals surface area contributed by atoms with Gasteiger partial charge >= 0.3 is 0 Å². The van der Waals surface area contributed by atoms with E-state index in [4.69, 9.17) is 18.2 Å². The van der Waals surface area contributed by atoms with Gasteiger partial charge in [-0.05, 0) is 12.1 Å². The smallest absolute Gasteiger partial charge is 0.231 e. The third-order valence-electron chi connectivity index (χ3n) is 1.58. The summed E-state index contributed by atoms with van der Waals surface area (Å²) in [7, 11) is 0. The summed E-state index contributed by atoms with van der Waals surface area (Å²) in [5, 5.41) is 4.59. The molecule has 2 heterocycles. The molecule has 0 radical (unpaired) electrons. The van der Waals surface area contributed by atoms with Gasteiger partial charge in [0, 0.05) is 11.2 Å². The number of hydrogen-bond donors (Lipinski definition) is 0. The SMILES string of the molecule is [C-]#[N+]c1cnn2ccc(Cl)cc12. The Hall–Kier alpha value is -1.53. The molecule has 0 unspecified atom stereocenters. The van der Waals surface area contributed by atoms with Gasteiger partial charge in [0.1, 0.15) is 0 Å². The molecule has 3 nitrogen and oxygen atoms in total. The lowest BCUT2D eigenvalue weighted by Gasteiger charge is -1.92. The van der Waals surface area contributed by atoms with Crippen LogP contribution in [0.3, 0.4) is 0 Å². The third-order valence-corrected chi connectivity index (χ3v) is 1.82. The molecular formula is C8H4ClN3. The first-order valence-corrected chi connectivity index (χ1v) is 3.69. The molecule has 0 aliphatic carbocycles. The van der Waals surface area contributed by atoms with E-state index in [1.165, 1.54) is 6.20 Å². The fourth-order valence-electron chi connectivity index (χ4n) is 1.03. The number of pyridine rings is 1. The molecule has 2 aromatic heterocycles. The maximum absolute atomic E-state index is 6.84. The zero-order valence-electron chi connectivity index (χ0n) is 6.03. The van der Waals surface area contributed by atoms with E-state index in [0.717, 1.165) is 5.52 Å². The number of halogens is 1. The van der Waals surface area contributed by atoms with Crippen LogP contribution in [-0.4, -0.2) is 9.61 Å². The van der Waals surface area contributed by atoms with E-state index in [0.29, 0.717) is 10.7 Å². The molecule has 0 fully saturated rings. The monoisotopic (exact) mass is 177 g/mol. The Morgan fingerprint density at radius 1 is 1.58 bits per heavy atom. The van der Waals surface area contributed by atoms with Crippen LogP contribution in [-0.2, 0) is 0 Å². The molecule has 4 heteroatoms. The Morgan fingerprint density at radius 2 is 2.42 bits per heavy atom. The molecule has 12 heavy (non-hydrogen) atoms. The molecule has 0 saturated heterocycles. The fraction of sp³-hybridized carbons (Fsp3) is 0. The Kier molecular flexibility index (Phi) is 1.49. The van der Waals surface area contributed by atoms with Gasteiger partial charge in [0.05, 0.1) is 18.3 Å². The summed E-state index contributed by atoms with van der Waals surface area (Å²) in [6.45, 7) is 6.84. The molecule has 0 amide bonds. The minimum Gasteiger partial charge on any atom is -0.253 e. The number of hydrogen-bond acceptors (Lipinski definition) is 1. The molecule has 0 bridgehead atoms. The Labute approximate surface area is 74.0 Å².